The van der Waals surface area contributed by atoms with Crippen LogP contribution in [0, 0.1) is 5.41 Å². The van der Waals surface area contributed by atoms with E-state index in [1.807, 2.05) is 0 Å². The van der Waals surface area contributed by atoms with Crippen molar-refractivity contribution in [3.63, 3.8) is 0 Å². The number of β-lactam (4-membered cyclic amide) rings is 1. The van der Waals surface area contributed by atoms with Crippen LogP contribution in [0.25, 0.3) is 0 Å². The lowest BCUT2D eigenvalue weighted by atomic mass is 9.98. The van der Waals surface area contributed by atoms with Crippen LogP contribution in [0.3, 0.4) is 0 Å². The van der Waals surface area contributed by atoms with Gasteiger partial charge in [0.05, 0.1) is 17.2 Å². The minimum Gasteiger partial charge on any atom is -0.427 e. The molecule has 2 N–H and O–H groups in total. The fourth-order valence-electron chi connectivity index (χ4n) is 1.98. The SMILES string of the molecule is CC1=C(C(=O)OCOC(=O)C(C)(C)C)N2C(=O)CC2SC1.Cl.O. The number of hydrogen-bond acceptors (Lipinski definition) is 6. The van der Waals surface area contributed by atoms with Crippen molar-refractivity contribution < 1.29 is 29.3 Å². The zero-order chi connectivity index (χ0) is 15.8. The molecule has 1 saturated heterocycles. The number of amides is 1. The van der Waals surface area contributed by atoms with Crippen LogP contribution in [0.2, 0.25) is 0 Å². The molecule has 23 heavy (non-hydrogen) atoms. The summed E-state index contributed by atoms with van der Waals surface area (Å²) in [5.74, 6) is -0.448. The number of carbonyl (C=O) groups is 3. The zero-order valence-corrected chi connectivity index (χ0v) is 15.1. The number of halogens is 1. The van der Waals surface area contributed by atoms with Crippen molar-refractivity contribution in [2.24, 2.45) is 5.41 Å². The Bertz CT molecular complexity index is 528. The second kappa shape index (κ2) is 8.03. The normalized spacial score (nSPS) is 19.7. The van der Waals surface area contributed by atoms with Crippen LogP contribution in [0.15, 0.2) is 11.3 Å². The summed E-state index contributed by atoms with van der Waals surface area (Å²) in [6, 6.07) is 0. The third-order valence-corrected chi connectivity index (χ3v) is 4.59. The molecule has 0 aromatic rings. The van der Waals surface area contributed by atoms with Gasteiger partial charge in [-0.15, -0.1) is 24.2 Å². The maximum Gasteiger partial charge on any atom is 0.357 e. The van der Waals surface area contributed by atoms with E-state index in [1.165, 1.54) is 4.90 Å². The summed E-state index contributed by atoms with van der Waals surface area (Å²) >= 11 is 1.63. The van der Waals surface area contributed by atoms with E-state index in [-0.39, 0.29) is 29.2 Å². The van der Waals surface area contributed by atoms with Crippen molar-refractivity contribution in [3.05, 3.63) is 11.3 Å². The molecule has 2 rings (SSSR count). The molecule has 2 aliphatic heterocycles. The number of rotatable bonds is 3. The van der Waals surface area contributed by atoms with E-state index in [1.54, 1.807) is 39.5 Å². The van der Waals surface area contributed by atoms with Crippen LogP contribution >= 0.6 is 24.2 Å². The first-order valence-electron chi connectivity index (χ1n) is 6.69. The molecule has 0 spiro atoms. The lowest BCUT2D eigenvalue weighted by Crippen LogP contribution is -2.54. The quantitative estimate of drug-likeness (QED) is 0.422. The summed E-state index contributed by atoms with van der Waals surface area (Å²) in [6.07, 6.45) is 0.452. The fraction of sp³-hybridized carbons (Fsp3) is 0.643. The Morgan fingerprint density at radius 2 is 1.91 bits per heavy atom. The minimum absolute atomic E-state index is 0. The highest BCUT2D eigenvalue weighted by Crippen LogP contribution is 2.39. The highest BCUT2D eigenvalue weighted by molar-refractivity contribution is 8.00. The molecule has 1 fully saturated rings. The summed E-state index contributed by atoms with van der Waals surface area (Å²) in [7, 11) is 0. The molecule has 1 unspecified atom stereocenters. The predicted octanol–water partition coefficient (Wildman–Crippen LogP) is 1.25. The van der Waals surface area contributed by atoms with Gasteiger partial charge < -0.3 is 14.9 Å². The van der Waals surface area contributed by atoms with E-state index in [9.17, 15) is 14.4 Å². The standard InChI is InChI=1S/C14H19NO5S.ClH.H2O/c1-8-6-21-10-5-9(16)15(10)11(8)12(17)19-7-20-13(18)14(2,3)4;;/h10H,5-7H2,1-4H3;1H;1H2. The van der Waals surface area contributed by atoms with Gasteiger partial charge in [-0.2, -0.15) is 0 Å². The Morgan fingerprint density at radius 3 is 2.43 bits per heavy atom. The van der Waals surface area contributed by atoms with E-state index < -0.39 is 24.1 Å². The Hall–Kier alpha value is -1.25. The third kappa shape index (κ3) is 4.62. The molecule has 7 nitrogen and oxygen atoms in total. The summed E-state index contributed by atoms with van der Waals surface area (Å²) in [6.45, 7) is 6.50. The van der Waals surface area contributed by atoms with E-state index in [0.717, 1.165) is 5.57 Å². The molecule has 2 aliphatic rings. The van der Waals surface area contributed by atoms with Crippen molar-refractivity contribution in [2.75, 3.05) is 12.5 Å². The van der Waals surface area contributed by atoms with Gasteiger partial charge in [0.15, 0.2) is 0 Å². The largest absolute Gasteiger partial charge is 0.427 e. The smallest absolute Gasteiger partial charge is 0.357 e. The lowest BCUT2D eigenvalue weighted by molar-refractivity contribution is -0.173. The first-order chi connectivity index (χ1) is 9.71. The van der Waals surface area contributed by atoms with Gasteiger partial charge >= 0.3 is 11.9 Å². The molecule has 0 aromatic heterocycles. The average molecular weight is 368 g/mol. The maximum atomic E-state index is 12.1. The molecule has 2 heterocycles. The van der Waals surface area contributed by atoms with Gasteiger partial charge in [0, 0.05) is 5.75 Å². The van der Waals surface area contributed by atoms with Gasteiger partial charge in [-0.05, 0) is 33.3 Å². The van der Waals surface area contributed by atoms with Crippen molar-refractivity contribution >= 4 is 42.0 Å². The van der Waals surface area contributed by atoms with E-state index in [0.29, 0.717) is 17.9 Å². The molecule has 0 saturated carbocycles. The maximum absolute atomic E-state index is 12.1. The van der Waals surface area contributed by atoms with Gasteiger partial charge in [-0.25, -0.2) is 4.79 Å². The van der Waals surface area contributed by atoms with E-state index in [2.05, 4.69) is 0 Å². The van der Waals surface area contributed by atoms with Gasteiger partial charge in [0.2, 0.25) is 12.7 Å². The second-order valence-corrected chi connectivity index (χ2v) is 7.26. The van der Waals surface area contributed by atoms with E-state index in [4.69, 9.17) is 9.47 Å². The van der Waals surface area contributed by atoms with E-state index >= 15 is 0 Å². The van der Waals surface area contributed by atoms with Crippen molar-refractivity contribution in [1.29, 1.82) is 0 Å². The molecule has 0 bridgehead atoms. The van der Waals surface area contributed by atoms with Gasteiger partial charge in [0.25, 0.3) is 0 Å². The Balaban J connectivity index is 0.00000242. The van der Waals surface area contributed by atoms with Gasteiger partial charge in [-0.3, -0.25) is 14.5 Å². The van der Waals surface area contributed by atoms with Crippen LogP contribution in [-0.4, -0.2) is 46.1 Å². The number of ether oxygens (including phenoxy) is 2. The summed E-state index contributed by atoms with van der Waals surface area (Å²) < 4.78 is 9.87. The molecular weight excluding hydrogens is 346 g/mol. The average Bonchev–Trinajstić information content (AvgIpc) is 2.37. The predicted molar refractivity (Wildman–Crippen MR) is 87.8 cm³/mol. The number of hydrogen-bond donors (Lipinski definition) is 0. The molecule has 0 aromatic carbocycles. The van der Waals surface area contributed by atoms with Crippen molar-refractivity contribution in [2.45, 2.75) is 39.5 Å². The topological polar surface area (TPSA) is 104 Å². The van der Waals surface area contributed by atoms with Crippen LogP contribution in [-0.2, 0) is 23.9 Å². The second-order valence-electron chi connectivity index (χ2n) is 6.09. The molecule has 0 aliphatic carbocycles. The Kier molecular flexibility index (Phi) is 7.59. The van der Waals surface area contributed by atoms with Crippen LogP contribution in [0.1, 0.15) is 34.1 Å². The lowest BCUT2D eigenvalue weighted by Gasteiger charge is -2.43. The number of thioether (sulfide) groups is 1. The molecule has 1 amide bonds. The summed E-state index contributed by atoms with van der Waals surface area (Å²) in [5, 5.41) is 0.0286. The number of carbonyl (C=O) groups excluding carboxylic acids is 3. The Labute approximate surface area is 145 Å². The molecule has 1 atom stereocenters. The van der Waals surface area contributed by atoms with Crippen LogP contribution < -0.4 is 0 Å². The fourth-order valence-corrected chi connectivity index (χ4v) is 3.19. The third-order valence-electron chi connectivity index (χ3n) is 3.23. The van der Waals surface area contributed by atoms with Crippen molar-refractivity contribution in [1.82, 2.24) is 4.90 Å². The zero-order valence-electron chi connectivity index (χ0n) is 13.5. The van der Waals surface area contributed by atoms with Crippen LogP contribution in [0.4, 0.5) is 0 Å². The molecule has 132 valence electrons. The first-order valence-corrected chi connectivity index (χ1v) is 7.74. The first kappa shape index (κ1) is 21.8. The van der Waals surface area contributed by atoms with Gasteiger partial charge in [-0.1, -0.05) is 0 Å². The van der Waals surface area contributed by atoms with Gasteiger partial charge in [0.1, 0.15) is 5.70 Å². The molecule has 9 heteroatoms. The van der Waals surface area contributed by atoms with Crippen molar-refractivity contribution in [3.8, 4) is 0 Å². The highest BCUT2D eigenvalue weighted by atomic mass is 35.5. The molecule has 0 radical (unpaired) electrons. The Morgan fingerprint density at radius 1 is 1.30 bits per heavy atom. The summed E-state index contributed by atoms with van der Waals surface area (Å²) in [5.41, 5.74) is 0.444. The monoisotopic (exact) mass is 367 g/mol. The van der Waals surface area contributed by atoms with Crippen LogP contribution in [0.5, 0.6) is 0 Å². The number of esters is 2. The minimum atomic E-state index is -0.651. The highest BCUT2D eigenvalue weighted by Gasteiger charge is 2.45. The molecular formula is C14H22ClNO6S. The number of nitrogens with zero attached hydrogens (tertiary/aromatic N) is 1. The summed E-state index contributed by atoms with van der Waals surface area (Å²) in [4.78, 5) is 36.8. The number of fused-ring (bicyclic) bond motifs is 1.